The average molecular weight is 1120 g/mol. The molecule has 0 unspecified atom stereocenters. The van der Waals surface area contributed by atoms with Crippen molar-refractivity contribution in [2.45, 2.75) is 195 Å². The molecule has 0 aliphatic carbocycles. The number of unbranched alkanes of at least 4 members (excludes halogenated alkanes) is 20. The first-order valence-corrected chi connectivity index (χ1v) is 29.2. The first-order chi connectivity index (χ1) is 38.9. The van der Waals surface area contributed by atoms with E-state index in [0.29, 0.717) is 37.6 Å². The summed E-state index contributed by atoms with van der Waals surface area (Å²) in [7, 11) is 0. The minimum absolute atomic E-state index is 0.0336. The zero-order valence-electron chi connectivity index (χ0n) is 47.9. The van der Waals surface area contributed by atoms with Crippen molar-refractivity contribution in [3.05, 3.63) is 82.9 Å². The van der Waals surface area contributed by atoms with Crippen molar-refractivity contribution in [2.24, 2.45) is 0 Å². The Bertz CT molecular complexity index is 2210. The highest BCUT2D eigenvalue weighted by Crippen LogP contribution is 2.31. The number of para-hydroxylation sites is 2. The fourth-order valence-corrected chi connectivity index (χ4v) is 8.22. The van der Waals surface area contributed by atoms with Crippen molar-refractivity contribution >= 4 is 47.3 Å². The first kappa shape index (κ1) is 66.9. The Kier molecular flexibility index (Phi) is 34.8. The smallest absolute Gasteiger partial charge is 0.273 e. The molecule has 0 fully saturated rings. The van der Waals surface area contributed by atoms with Gasteiger partial charge in [0.2, 0.25) is 23.6 Å². The molecule has 0 heterocycles. The molecular weight excluding hydrogens is 1020 g/mol. The summed E-state index contributed by atoms with van der Waals surface area (Å²) in [6.07, 6.45) is 22.8. The van der Waals surface area contributed by atoms with Gasteiger partial charge in [-0.05, 0) is 56.0 Å². The third-order valence-corrected chi connectivity index (χ3v) is 12.8. The normalized spacial score (nSPS) is 10.7. The minimum atomic E-state index is -0.942. The molecule has 0 radical (unpaired) electrons. The zero-order valence-corrected chi connectivity index (χ0v) is 47.9. The molecule has 0 saturated heterocycles. The third-order valence-electron chi connectivity index (χ3n) is 12.8. The van der Waals surface area contributed by atoms with Crippen LogP contribution < -0.4 is 62.4 Å². The van der Waals surface area contributed by atoms with E-state index in [4.69, 9.17) is 18.9 Å². The molecule has 8 amide bonds. The SMILES string of the molecule is CCCCCCCCOc1ccccc1C(=O)NNC(=O)CC(=O)NNC(=O)c1cc(C(=O)NNC(=O)CC(=O)NNC(=O)c2ccccc2OCCCCCCCC)c(OCCCCCCCC)cc1OCCCCCCCC. The van der Waals surface area contributed by atoms with Crippen LogP contribution in [0.2, 0.25) is 0 Å². The van der Waals surface area contributed by atoms with Gasteiger partial charge in [-0.25, -0.2) is 0 Å². The predicted octanol–water partition coefficient (Wildman–Crippen LogP) is 9.87. The summed E-state index contributed by atoms with van der Waals surface area (Å²) in [4.78, 5) is 105. The van der Waals surface area contributed by atoms with Crippen molar-refractivity contribution in [1.82, 2.24) is 43.4 Å². The van der Waals surface area contributed by atoms with Crippen molar-refractivity contribution in [3.63, 3.8) is 0 Å². The Morgan fingerprint density at radius 3 is 0.838 bits per heavy atom. The van der Waals surface area contributed by atoms with E-state index >= 15 is 0 Å². The van der Waals surface area contributed by atoms with Crippen LogP contribution in [0.4, 0.5) is 0 Å². The van der Waals surface area contributed by atoms with E-state index in [1.807, 2.05) is 0 Å². The van der Waals surface area contributed by atoms with Crippen molar-refractivity contribution in [1.29, 1.82) is 0 Å². The van der Waals surface area contributed by atoms with E-state index in [-0.39, 0.29) is 47.0 Å². The number of carbonyl (C=O) groups excluding carboxylic acids is 8. The summed E-state index contributed by atoms with van der Waals surface area (Å²) < 4.78 is 24.0. The van der Waals surface area contributed by atoms with Crippen LogP contribution in [0.5, 0.6) is 23.0 Å². The van der Waals surface area contributed by atoms with Gasteiger partial charge in [0.15, 0.2) is 0 Å². The van der Waals surface area contributed by atoms with Gasteiger partial charge in [0.1, 0.15) is 35.8 Å². The van der Waals surface area contributed by atoms with E-state index in [0.717, 1.165) is 128 Å². The fourth-order valence-electron chi connectivity index (χ4n) is 8.22. The summed E-state index contributed by atoms with van der Waals surface area (Å²) in [6, 6.07) is 15.8. The molecule has 0 bridgehead atoms. The minimum Gasteiger partial charge on any atom is -0.493 e. The zero-order chi connectivity index (χ0) is 58.0. The van der Waals surface area contributed by atoms with Gasteiger partial charge in [-0.15, -0.1) is 0 Å². The van der Waals surface area contributed by atoms with Gasteiger partial charge in [-0.2, -0.15) is 0 Å². The van der Waals surface area contributed by atoms with Crippen LogP contribution in [0, 0.1) is 0 Å². The average Bonchev–Trinajstić information content (AvgIpc) is 3.46. The van der Waals surface area contributed by atoms with Crippen molar-refractivity contribution < 1.29 is 57.3 Å². The van der Waals surface area contributed by atoms with Crippen LogP contribution in [0.25, 0.3) is 0 Å². The maximum atomic E-state index is 13.9. The number of hydrogen-bond donors (Lipinski definition) is 8. The van der Waals surface area contributed by atoms with Crippen LogP contribution in [0.1, 0.15) is 236 Å². The molecule has 0 aliphatic heterocycles. The van der Waals surface area contributed by atoms with Crippen LogP contribution in [0.3, 0.4) is 0 Å². The molecule has 3 aromatic carbocycles. The molecule has 3 rings (SSSR count). The van der Waals surface area contributed by atoms with Gasteiger partial charge in [-0.1, -0.05) is 180 Å². The Hall–Kier alpha value is -7.38. The molecule has 0 spiro atoms. The van der Waals surface area contributed by atoms with E-state index in [1.165, 1.54) is 25.0 Å². The number of rotatable bonds is 40. The Labute approximate surface area is 473 Å². The summed E-state index contributed by atoms with van der Waals surface area (Å²) in [5.41, 5.74) is 17.9. The molecule has 0 atom stereocenters. The second kappa shape index (κ2) is 41.6. The second-order valence-corrected chi connectivity index (χ2v) is 19.7. The van der Waals surface area contributed by atoms with Crippen LogP contribution in [0.15, 0.2) is 60.7 Å². The standard InChI is InChI=1S/C60H90N8O12/c1-5-9-13-17-21-29-37-77-49-35-27-25-33-45(49)57(73)65-61-53(69)43-55(71)63-67-59(75)47-41-48(52(80-40-32-24-20-16-12-8-4)42-51(47)79-39-31-23-19-15-11-7-3)60(76)68-64-56(72)44-54(70)62-66-58(74)46-34-26-28-36-50(46)78-38-30-22-18-14-10-6-2/h25-28,33-36,41-42H,5-24,29-32,37-40,43-44H2,1-4H3,(H,61,69)(H,62,70)(H,63,71)(H,64,72)(H,65,73)(H,66,74)(H,67,75)(H,68,76). The second-order valence-electron chi connectivity index (χ2n) is 19.7. The molecule has 3 aromatic rings. The molecule has 8 N–H and O–H groups in total. The highest BCUT2D eigenvalue weighted by atomic mass is 16.5. The van der Waals surface area contributed by atoms with E-state index in [9.17, 15) is 38.4 Å². The summed E-state index contributed by atoms with van der Waals surface area (Å²) in [5, 5.41) is 0. The van der Waals surface area contributed by atoms with Crippen LogP contribution in [-0.4, -0.2) is 73.7 Å². The van der Waals surface area contributed by atoms with E-state index < -0.39 is 60.1 Å². The van der Waals surface area contributed by atoms with Gasteiger partial charge < -0.3 is 18.9 Å². The summed E-state index contributed by atoms with van der Waals surface area (Å²) in [5.74, 6) is -6.07. The third kappa shape index (κ3) is 28.0. The fraction of sp³-hybridized carbons (Fsp3) is 0.567. The van der Waals surface area contributed by atoms with Crippen LogP contribution >= 0.6 is 0 Å². The maximum Gasteiger partial charge on any atom is 0.273 e. The quantitative estimate of drug-likeness (QED) is 0.0150. The maximum absolute atomic E-state index is 13.9. The molecule has 20 heteroatoms. The van der Waals surface area contributed by atoms with Gasteiger partial charge in [0, 0.05) is 6.07 Å². The molecule has 0 aliphatic rings. The summed E-state index contributed by atoms with van der Waals surface area (Å²) in [6.45, 7) is 9.83. The molecule has 0 saturated carbocycles. The highest BCUT2D eigenvalue weighted by Gasteiger charge is 2.24. The predicted molar refractivity (Wildman–Crippen MR) is 306 cm³/mol. The largest absolute Gasteiger partial charge is 0.493 e. The van der Waals surface area contributed by atoms with E-state index in [1.54, 1.807) is 48.5 Å². The van der Waals surface area contributed by atoms with Crippen LogP contribution in [-0.2, 0) is 19.2 Å². The van der Waals surface area contributed by atoms with Gasteiger partial charge in [0.25, 0.3) is 23.6 Å². The molecule has 80 heavy (non-hydrogen) atoms. The van der Waals surface area contributed by atoms with Gasteiger partial charge >= 0.3 is 0 Å². The lowest BCUT2D eigenvalue weighted by Crippen LogP contribution is -2.47. The number of amides is 8. The highest BCUT2D eigenvalue weighted by molar-refractivity contribution is 6.06. The van der Waals surface area contributed by atoms with Gasteiger partial charge in [0.05, 0.1) is 48.7 Å². The lowest BCUT2D eigenvalue weighted by molar-refractivity contribution is -0.131. The number of carbonyl (C=O) groups is 8. The molecule has 442 valence electrons. The Morgan fingerprint density at radius 1 is 0.287 bits per heavy atom. The molecule has 20 nitrogen and oxygen atoms in total. The number of benzene rings is 3. The lowest BCUT2D eigenvalue weighted by atomic mass is 10.1. The molecule has 0 aromatic heterocycles. The number of hydrazine groups is 4. The Morgan fingerprint density at radius 2 is 0.537 bits per heavy atom. The number of nitrogens with one attached hydrogen (secondary N) is 8. The molecular formula is C60H90N8O12. The van der Waals surface area contributed by atoms with Gasteiger partial charge in [-0.3, -0.25) is 81.8 Å². The lowest BCUT2D eigenvalue weighted by Gasteiger charge is -2.18. The monoisotopic (exact) mass is 1110 g/mol. The number of hydrogen-bond acceptors (Lipinski definition) is 12. The number of ether oxygens (including phenoxy) is 4. The topological polar surface area (TPSA) is 270 Å². The summed E-state index contributed by atoms with van der Waals surface area (Å²) >= 11 is 0. The van der Waals surface area contributed by atoms with E-state index in [2.05, 4.69) is 71.1 Å². The van der Waals surface area contributed by atoms with Crippen molar-refractivity contribution in [3.8, 4) is 23.0 Å². The Balaban J connectivity index is 1.69. The van der Waals surface area contributed by atoms with Crippen molar-refractivity contribution in [2.75, 3.05) is 26.4 Å². The first-order valence-electron chi connectivity index (χ1n) is 29.2.